The van der Waals surface area contributed by atoms with E-state index in [0.29, 0.717) is 23.7 Å². The molecule has 0 bridgehead atoms. The summed E-state index contributed by atoms with van der Waals surface area (Å²) in [6.07, 6.45) is 2.03. The van der Waals surface area contributed by atoms with Gasteiger partial charge in [0.25, 0.3) is 0 Å². The van der Waals surface area contributed by atoms with Crippen molar-refractivity contribution in [2.75, 3.05) is 0 Å². The number of thioether (sulfide) groups is 1. The van der Waals surface area contributed by atoms with Gasteiger partial charge in [-0.05, 0) is 59.9 Å². The van der Waals surface area contributed by atoms with E-state index in [2.05, 4.69) is 73.9 Å². The standard InChI is InChI=1S/C33H39ClN4OS/c1-23(21-33(3,4)5)18-30(39)35-28(19-25-12-8-6-9-13-25)31-36-37-32(40-22-26-14-10-7-11-15-26)38(31)29-20-27(34)17-16-24(29)2/h6-17,20,23,28H,18-19,21-22H2,1-5H3,(H,35,39). The Hall–Kier alpha value is -3.09. The van der Waals surface area contributed by atoms with Gasteiger partial charge in [-0.2, -0.15) is 0 Å². The second-order valence-electron chi connectivity index (χ2n) is 11.8. The molecule has 2 atom stereocenters. The van der Waals surface area contributed by atoms with Crippen LogP contribution in [0, 0.1) is 18.3 Å². The van der Waals surface area contributed by atoms with E-state index in [9.17, 15) is 4.79 Å². The van der Waals surface area contributed by atoms with E-state index in [0.717, 1.165) is 34.1 Å². The van der Waals surface area contributed by atoms with Gasteiger partial charge in [0.05, 0.1) is 11.7 Å². The number of aryl methyl sites for hydroxylation is 1. The van der Waals surface area contributed by atoms with Crippen LogP contribution in [-0.2, 0) is 17.0 Å². The highest BCUT2D eigenvalue weighted by molar-refractivity contribution is 7.98. The fourth-order valence-electron chi connectivity index (χ4n) is 5.12. The predicted octanol–water partition coefficient (Wildman–Crippen LogP) is 8.38. The van der Waals surface area contributed by atoms with Crippen molar-refractivity contribution in [3.05, 3.63) is 106 Å². The van der Waals surface area contributed by atoms with Crippen molar-refractivity contribution in [2.45, 2.75) is 70.8 Å². The summed E-state index contributed by atoms with van der Waals surface area (Å²) in [5, 5.41) is 14.1. The lowest BCUT2D eigenvalue weighted by atomic mass is 9.84. The number of hydrogen-bond donors (Lipinski definition) is 1. The summed E-state index contributed by atoms with van der Waals surface area (Å²) in [5.41, 5.74) is 4.45. The number of halogens is 1. The maximum absolute atomic E-state index is 13.4. The summed E-state index contributed by atoms with van der Waals surface area (Å²) >= 11 is 8.11. The molecule has 0 saturated carbocycles. The van der Waals surface area contributed by atoms with Crippen molar-refractivity contribution < 1.29 is 4.79 Å². The van der Waals surface area contributed by atoms with E-state index >= 15 is 0 Å². The van der Waals surface area contributed by atoms with Gasteiger partial charge in [0.2, 0.25) is 5.91 Å². The number of aromatic nitrogens is 3. The molecule has 0 radical (unpaired) electrons. The van der Waals surface area contributed by atoms with Crippen LogP contribution < -0.4 is 5.32 Å². The molecular weight excluding hydrogens is 536 g/mol. The number of hydrogen-bond acceptors (Lipinski definition) is 4. The Morgan fingerprint density at radius 2 is 1.62 bits per heavy atom. The van der Waals surface area contributed by atoms with E-state index in [-0.39, 0.29) is 23.3 Å². The summed E-state index contributed by atoms with van der Waals surface area (Å²) in [7, 11) is 0. The van der Waals surface area contributed by atoms with Crippen LogP contribution in [0.2, 0.25) is 5.02 Å². The highest BCUT2D eigenvalue weighted by Crippen LogP contribution is 2.32. The van der Waals surface area contributed by atoms with E-state index in [4.69, 9.17) is 16.7 Å². The van der Waals surface area contributed by atoms with Crippen LogP contribution in [0.15, 0.2) is 84.0 Å². The Morgan fingerprint density at radius 1 is 0.975 bits per heavy atom. The Bertz CT molecular complexity index is 1400. The third-order valence-electron chi connectivity index (χ3n) is 6.71. The Kier molecular flexibility index (Phi) is 10.1. The molecule has 0 saturated heterocycles. The first kappa shape index (κ1) is 29.9. The molecule has 1 aromatic heterocycles. The molecule has 2 unspecified atom stereocenters. The minimum atomic E-state index is -0.367. The van der Waals surface area contributed by atoms with Gasteiger partial charge in [0.15, 0.2) is 11.0 Å². The molecule has 3 aromatic carbocycles. The molecule has 1 amide bonds. The first-order valence-electron chi connectivity index (χ1n) is 13.8. The van der Waals surface area contributed by atoms with E-state index < -0.39 is 0 Å². The van der Waals surface area contributed by atoms with Gasteiger partial charge >= 0.3 is 0 Å². The van der Waals surface area contributed by atoms with Crippen molar-refractivity contribution in [3.8, 4) is 5.69 Å². The lowest BCUT2D eigenvalue weighted by Crippen LogP contribution is -2.33. The van der Waals surface area contributed by atoms with Gasteiger partial charge in [-0.3, -0.25) is 9.36 Å². The smallest absolute Gasteiger partial charge is 0.220 e. The number of amides is 1. The van der Waals surface area contributed by atoms with Gasteiger partial charge in [-0.1, -0.05) is 118 Å². The van der Waals surface area contributed by atoms with Crippen molar-refractivity contribution in [1.82, 2.24) is 20.1 Å². The number of nitrogens with zero attached hydrogens (tertiary/aromatic N) is 3. The zero-order chi connectivity index (χ0) is 28.7. The van der Waals surface area contributed by atoms with E-state index in [1.54, 1.807) is 11.8 Å². The monoisotopic (exact) mass is 574 g/mol. The normalized spacial score (nSPS) is 13.2. The summed E-state index contributed by atoms with van der Waals surface area (Å²) in [6.45, 7) is 10.8. The van der Waals surface area contributed by atoms with Gasteiger partial charge in [0.1, 0.15) is 0 Å². The molecule has 0 aliphatic carbocycles. The third-order valence-corrected chi connectivity index (χ3v) is 7.94. The first-order chi connectivity index (χ1) is 19.1. The van der Waals surface area contributed by atoms with Gasteiger partial charge < -0.3 is 5.32 Å². The predicted molar refractivity (Wildman–Crippen MR) is 166 cm³/mol. The summed E-state index contributed by atoms with van der Waals surface area (Å²) in [4.78, 5) is 13.4. The van der Waals surface area contributed by atoms with Gasteiger partial charge in [-0.15, -0.1) is 10.2 Å². The van der Waals surface area contributed by atoms with Crippen molar-refractivity contribution in [1.29, 1.82) is 0 Å². The highest BCUT2D eigenvalue weighted by atomic mass is 35.5. The number of carbonyl (C=O) groups excluding carboxylic acids is 1. The number of nitrogens with one attached hydrogen (secondary N) is 1. The molecular formula is C33H39ClN4OS. The lowest BCUT2D eigenvalue weighted by Gasteiger charge is -2.25. The Balaban J connectivity index is 1.71. The Morgan fingerprint density at radius 3 is 2.27 bits per heavy atom. The number of rotatable bonds is 11. The molecule has 0 aliphatic rings. The summed E-state index contributed by atoms with van der Waals surface area (Å²) < 4.78 is 2.07. The van der Waals surface area contributed by atoms with Crippen LogP contribution in [0.3, 0.4) is 0 Å². The highest BCUT2D eigenvalue weighted by Gasteiger charge is 2.27. The van der Waals surface area contributed by atoms with Crippen LogP contribution in [-0.4, -0.2) is 20.7 Å². The average Bonchev–Trinajstić information content (AvgIpc) is 3.32. The topological polar surface area (TPSA) is 59.8 Å². The van der Waals surface area contributed by atoms with Crippen molar-refractivity contribution in [2.24, 2.45) is 11.3 Å². The molecule has 0 fully saturated rings. The molecule has 0 aliphatic heterocycles. The van der Waals surface area contributed by atoms with Crippen molar-refractivity contribution >= 4 is 29.3 Å². The van der Waals surface area contributed by atoms with Gasteiger partial charge in [0, 0.05) is 17.2 Å². The Labute approximate surface area is 247 Å². The van der Waals surface area contributed by atoms with Crippen molar-refractivity contribution in [3.63, 3.8) is 0 Å². The van der Waals surface area contributed by atoms with Crippen LogP contribution in [0.4, 0.5) is 0 Å². The van der Waals surface area contributed by atoms with Crippen LogP contribution in [0.25, 0.3) is 5.69 Å². The fourth-order valence-corrected chi connectivity index (χ4v) is 6.19. The van der Waals surface area contributed by atoms with E-state index in [1.807, 2.05) is 54.6 Å². The molecule has 1 N–H and O–H groups in total. The fraction of sp³-hybridized carbons (Fsp3) is 0.364. The molecule has 7 heteroatoms. The van der Waals surface area contributed by atoms with E-state index in [1.165, 1.54) is 5.56 Å². The van der Waals surface area contributed by atoms with Crippen LogP contribution in [0.1, 0.15) is 69.1 Å². The SMILES string of the molecule is Cc1ccc(Cl)cc1-n1c(SCc2ccccc2)nnc1C(Cc1ccccc1)NC(=O)CC(C)CC(C)(C)C. The maximum atomic E-state index is 13.4. The first-order valence-corrected chi connectivity index (χ1v) is 15.2. The largest absolute Gasteiger partial charge is 0.346 e. The minimum absolute atomic E-state index is 0.0218. The second kappa shape index (κ2) is 13.5. The zero-order valence-corrected chi connectivity index (χ0v) is 25.6. The summed E-state index contributed by atoms with van der Waals surface area (Å²) in [5.74, 6) is 1.73. The van der Waals surface area contributed by atoms with Gasteiger partial charge in [-0.25, -0.2) is 0 Å². The number of benzene rings is 3. The number of carbonyl (C=O) groups is 1. The lowest BCUT2D eigenvalue weighted by molar-refractivity contribution is -0.122. The summed E-state index contributed by atoms with van der Waals surface area (Å²) in [6, 6.07) is 26.0. The van der Waals surface area contributed by atoms with Crippen LogP contribution >= 0.6 is 23.4 Å². The zero-order valence-electron chi connectivity index (χ0n) is 24.0. The molecule has 5 nitrogen and oxygen atoms in total. The second-order valence-corrected chi connectivity index (χ2v) is 13.1. The third kappa shape index (κ3) is 8.45. The molecule has 1 heterocycles. The molecule has 40 heavy (non-hydrogen) atoms. The molecule has 4 rings (SSSR count). The maximum Gasteiger partial charge on any atom is 0.220 e. The molecule has 4 aromatic rings. The molecule has 0 spiro atoms. The average molecular weight is 575 g/mol. The van der Waals surface area contributed by atoms with Crippen LogP contribution in [0.5, 0.6) is 0 Å². The minimum Gasteiger partial charge on any atom is -0.346 e. The molecule has 210 valence electrons. The quantitative estimate of drug-likeness (QED) is 0.183.